The Balaban J connectivity index is 2.49. The van der Waals surface area contributed by atoms with E-state index in [0.29, 0.717) is 12.1 Å². The van der Waals surface area contributed by atoms with Gasteiger partial charge < -0.3 is 15.3 Å². The van der Waals surface area contributed by atoms with E-state index < -0.39 is 5.97 Å². The molecule has 114 valence electrons. The second-order valence-electron chi connectivity index (χ2n) is 4.58. The summed E-state index contributed by atoms with van der Waals surface area (Å²) in [5.41, 5.74) is 1.32. The lowest BCUT2D eigenvalue weighted by Crippen LogP contribution is -2.34. The van der Waals surface area contributed by atoms with Crippen molar-refractivity contribution in [2.45, 2.75) is 13.8 Å². The Hall–Kier alpha value is -2.14. The van der Waals surface area contributed by atoms with Gasteiger partial charge >= 0.3 is 5.97 Å². The summed E-state index contributed by atoms with van der Waals surface area (Å²) in [6.07, 6.45) is 2.56. The second-order valence-corrected chi connectivity index (χ2v) is 4.58. The first-order valence-corrected chi connectivity index (χ1v) is 7.08. The molecule has 0 saturated carbocycles. The van der Waals surface area contributed by atoms with E-state index in [1.165, 1.54) is 6.08 Å². The average Bonchev–Trinajstić information content (AvgIpc) is 2.50. The molecule has 0 aromatic heterocycles. The molecular weight excluding hydrogens is 268 g/mol. The summed E-state index contributed by atoms with van der Waals surface area (Å²) < 4.78 is 0. The van der Waals surface area contributed by atoms with Gasteiger partial charge in [0.1, 0.15) is 0 Å². The number of amides is 1. The van der Waals surface area contributed by atoms with E-state index in [2.05, 4.69) is 24.1 Å². The number of carboxylic acids is 1. The molecule has 5 nitrogen and oxygen atoms in total. The lowest BCUT2D eigenvalue weighted by atomic mass is 10.1. The molecule has 0 heterocycles. The van der Waals surface area contributed by atoms with Gasteiger partial charge in [-0.2, -0.15) is 0 Å². The zero-order chi connectivity index (χ0) is 15.7. The second kappa shape index (κ2) is 8.92. The van der Waals surface area contributed by atoms with Crippen molar-refractivity contribution in [2.24, 2.45) is 0 Å². The first-order valence-electron chi connectivity index (χ1n) is 7.08. The molecule has 0 unspecified atom stereocenters. The number of carbonyl (C=O) groups excluding carboxylic acids is 1. The summed E-state index contributed by atoms with van der Waals surface area (Å²) in [6.45, 7) is 7.57. The molecule has 21 heavy (non-hydrogen) atoms. The number of benzene rings is 1. The highest BCUT2D eigenvalue weighted by Gasteiger charge is 2.05. The topological polar surface area (TPSA) is 69.6 Å². The maximum Gasteiger partial charge on any atom is 0.328 e. The van der Waals surface area contributed by atoms with E-state index in [1.807, 2.05) is 0 Å². The summed E-state index contributed by atoms with van der Waals surface area (Å²) in [6, 6.07) is 6.82. The highest BCUT2D eigenvalue weighted by Crippen LogP contribution is 2.06. The van der Waals surface area contributed by atoms with Gasteiger partial charge in [-0.15, -0.1) is 0 Å². The predicted octanol–water partition coefficient (Wildman–Crippen LogP) is 1.86. The largest absolute Gasteiger partial charge is 0.478 e. The molecule has 0 aliphatic rings. The third kappa shape index (κ3) is 6.23. The third-order valence-corrected chi connectivity index (χ3v) is 3.20. The Morgan fingerprint density at radius 2 is 1.81 bits per heavy atom. The number of carboxylic acid groups (broad SMARTS) is 1. The van der Waals surface area contributed by atoms with Crippen LogP contribution in [0.15, 0.2) is 30.3 Å². The Kier molecular flexibility index (Phi) is 7.18. The van der Waals surface area contributed by atoms with Crippen molar-refractivity contribution < 1.29 is 14.7 Å². The Morgan fingerprint density at radius 3 is 2.33 bits per heavy atom. The number of nitrogens with one attached hydrogen (secondary N) is 1. The fourth-order valence-electron chi connectivity index (χ4n) is 1.88. The molecule has 1 rings (SSSR count). The molecule has 0 atom stereocenters. The van der Waals surface area contributed by atoms with Crippen LogP contribution < -0.4 is 5.32 Å². The van der Waals surface area contributed by atoms with Gasteiger partial charge in [0.15, 0.2) is 0 Å². The summed E-state index contributed by atoms with van der Waals surface area (Å²) >= 11 is 0. The average molecular weight is 290 g/mol. The predicted molar refractivity (Wildman–Crippen MR) is 83.2 cm³/mol. The van der Waals surface area contributed by atoms with Crippen LogP contribution in [0.5, 0.6) is 0 Å². The van der Waals surface area contributed by atoms with Gasteiger partial charge in [-0.3, -0.25) is 4.79 Å². The highest BCUT2D eigenvalue weighted by molar-refractivity contribution is 5.94. The van der Waals surface area contributed by atoms with E-state index in [0.717, 1.165) is 31.3 Å². The van der Waals surface area contributed by atoms with Crippen LogP contribution in [-0.2, 0) is 4.79 Å². The molecule has 0 aliphatic heterocycles. The molecule has 0 aliphatic carbocycles. The first kappa shape index (κ1) is 16.9. The van der Waals surface area contributed by atoms with Crippen LogP contribution in [0.4, 0.5) is 0 Å². The molecule has 5 heteroatoms. The van der Waals surface area contributed by atoms with Crippen molar-refractivity contribution >= 4 is 18.0 Å². The molecule has 0 fully saturated rings. The van der Waals surface area contributed by atoms with Gasteiger partial charge in [0, 0.05) is 24.7 Å². The fraction of sp³-hybridized carbons (Fsp3) is 0.375. The number of aliphatic carboxylic acids is 1. The van der Waals surface area contributed by atoms with Crippen molar-refractivity contribution in [3.8, 4) is 0 Å². The van der Waals surface area contributed by atoms with Crippen LogP contribution in [0.2, 0.25) is 0 Å². The van der Waals surface area contributed by atoms with Crippen molar-refractivity contribution in [3.63, 3.8) is 0 Å². The number of hydrogen-bond acceptors (Lipinski definition) is 3. The summed E-state index contributed by atoms with van der Waals surface area (Å²) in [5, 5.41) is 11.4. The minimum atomic E-state index is -0.992. The number of carbonyl (C=O) groups is 2. The summed E-state index contributed by atoms with van der Waals surface area (Å²) in [4.78, 5) is 24.6. The number of hydrogen-bond donors (Lipinski definition) is 2. The Bertz CT molecular complexity index is 491. The van der Waals surface area contributed by atoms with Crippen molar-refractivity contribution in [2.75, 3.05) is 26.2 Å². The molecule has 0 radical (unpaired) electrons. The normalized spacial score (nSPS) is 11.0. The molecule has 0 saturated heterocycles. The Morgan fingerprint density at radius 1 is 1.19 bits per heavy atom. The van der Waals surface area contributed by atoms with Crippen LogP contribution in [0.3, 0.4) is 0 Å². The van der Waals surface area contributed by atoms with Crippen LogP contribution in [0, 0.1) is 0 Å². The van der Waals surface area contributed by atoms with Crippen molar-refractivity contribution in [1.29, 1.82) is 0 Å². The highest BCUT2D eigenvalue weighted by atomic mass is 16.4. The molecule has 0 bridgehead atoms. The number of nitrogens with zero attached hydrogens (tertiary/aromatic N) is 1. The Labute approximate surface area is 125 Å². The first-order chi connectivity index (χ1) is 10.1. The van der Waals surface area contributed by atoms with Crippen molar-refractivity contribution in [3.05, 3.63) is 41.5 Å². The quantitative estimate of drug-likeness (QED) is 0.717. The lowest BCUT2D eigenvalue weighted by Gasteiger charge is -2.17. The summed E-state index contributed by atoms with van der Waals surface area (Å²) in [7, 11) is 0. The van der Waals surface area contributed by atoms with Gasteiger partial charge in [-0.1, -0.05) is 26.0 Å². The van der Waals surface area contributed by atoms with Crippen LogP contribution in [0.1, 0.15) is 29.8 Å². The smallest absolute Gasteiger partial charge is 0.328 e. The van der Waals surface area contributed by atoms with Crippen molar-refractivity contribution in [1.82, 2.24) is 10.2 Å². The number of likely N-dealkylation sites (N-methyl/N-ethyl adjacent to an activating group) is 1. The monoisotopic (exact) mass is 290 g/mol. The van der Waals surface area contributed by atoms with E-state index >= 15 is 0 Å². The zero-order valence-electron chi connectivity index (χ0n) is 12.5. The maximum absolute atomic E-state index is 11.9. The van der Waals surface area contributed by atoms with E-state index in [1.54, 1.807) is 24.3 Å². The lowest BCUT2D eigenvalue weighted by molar-refractivity contribution is -0.131. The van der Waals surface area contributed by atoms with E-state index in [-0.39, 0.29) is 5.91 Å². The molecule has 1 aromatic carbocycles. The van der Waals surface area contributed by atoms with Gasteiger partial charge in [0.25, 0.3) is 5.91 Å². The standard InChI is InChI=1S/C16H22N2O3/c1-3-18(4-2)12-11-17-16(21)14-8-5-13(6-9-14)7-10-15(19)20/h5-10H,3-4,11-12H2,1-2H3,(H,17,21)(H,19,20). The van der Waals surface area contributed by atoms with Crippen LogP contribution in [0.25, 0.3) is 6.08 Å². The van der Waals surface area contributed by atoms with Crippen LogP contribution in [-0.4, -0.2) is 48.1 Å². The van der Waals surface area contributed by atoms with E-state index in [9.17, 15) is 9.59 Å². The molecule has 0 spiro atoms. The third-order valence-electron chi connectivity index (χ3n) is 3.20. The van der Waals surface area contributed by atoms with Gasteiger partial charge in [-0.05, 0) is 36.9 Å². The molecular formula is C16H22N2O3. The molecule has 2 N–H and O–H groups in total. The van der Waals surface area contributed by atoms with Gasteiger partial charge in [0.05, 0.1) is 0 Å². The molecule has 1 aromatic rings. The summed E-state index contributed by atoms with van der Waals surface area (Å²) in [5.74, 6) is -1.11. The maximum atomic E-state index is 11.9. The number of rotatable bonds is 8. The fourth-order valence-corrected chi connectivity index (χ4v) is 1.88. The van der Waals surface area contributed by atoms with Gasteiger partial charge in [-0.25, -0.2) is 4.79 Å². The minimum absolute atomic E-state index is 0.115. The molecule has 1 amide bonds. The van der Waals surface area contributed by atoms with Crippen LogP contribution >= 0.6 is 0 Å². The van der Waals surface area contributed by atoms with Gasteiger partial charge in [0.2, 0.25) is 0 Å². The minimum Gasteiger partial charge on any atom is -0.478 e. The zero-order valence-corrected chi connectivity index (χ0v) is 12.5. The van der Waals surface area contributed by atoms with E-state index in [4.69, 9.17) is 5.11 Å². The SMILES string of the molecule is CCN(CC)CCNC(=O)c1ccc(C=CC(=O)O)cc1.